The monoisotopic (exact) mass is 442 g/mol. The van der Waals surface area contributed by atoms with Gasteiger partial charge < -0.3 is 14.6 Å². The first-order valence-corrected chi connectivity index (χ1v) is 11.6. The Morgan fingerprint density at radius 1 is 1.12 bits per heavy atom. The lowest BCUT2D eigenvalue weighted by Crippen LogP contribution is -2.20. The van der Waals surface area contributed by atoms with Gasteiger partial charge in [0, 0.05) is 18.3 Å². The molecule has 2 saturated carbocycles. The molecule has 0 spiro atoms. The topological polar surface area (TPSA) is 81.5 Å². The number of aliphatic carboxylic acids is 1. The highest BCUT2D eigenvalue weighted by atomic mass is 19.1. The molecule has 0 saturated heterocycles. The van der Waals surface area contributed by atoms with Crippen LogP contribution in [0, 0.1) is 17.7 Å². The van der Waals surface area contributed by atoms with Crippen LogP contribution in [-0.4, -0.2) is 34.3 Å². The molecule has 2 aliphatic rings. The second-order valence-electron chi connectivity index (χ2n) is 8.97. The van der Waals surface area contributed by atoms with Crippen molar-refractivity contribution in [3.63, 3.8) is 0 Å². The van der Waals surface area contributed by atoms with E-state index in [1.165, 1.54) is 6.20 Å². The summed E-state index contributed by atoms with van der Waals surface area (Å²) in [7, 11) is 0. The highest BCUT2D eigenvalue weighted by Gasteiger charge is 2.34. The number of carboxylic acid groups (broad SMARTS) is 1. The van der Waals surface area contributed by atoms with Gasteiger partial charge in [-0.25, -0.2) is 14.4 Å². The number of nitrogens with zero attached hydrogens (tertiary/aromatic N) is 2. The average Bonchev–Trinajstić information content (AvgIpc) is 3.63. The fourth-order valence-electron chi connectivity index (χ4n) is 4.79. The van der Waals surface area contributed by atoms with Gasteiger partial charge in [-0.1, -0.05) is 0 Å². The number of aromatic nitrogens is 2. The van der Waals surface area contributed by atoms with Crippen LogP contribution in [0.2, 0.25) is 0 Å². The van der Waals surface area contributed by atoms with E-state index in [1.54, 1.807) is 12.3 Å². The Kier molecular flexibility index (Phi) is 7.22. The van der Waals surface area contributed by atoms with Crippen molar-refractivity contribution in [1.29, 1.82) is 0 Å². The highest BCUT2D eigenvalue weighted by molar-refractivity contribution is 5.68. The lowest BCUT2D eigenvalue weighted by atomic mass is 9.79. The molecule has 172 valence electrons. The molecule has 1 atom stereocenters. The van der Waals surface area contributed by atoms with Gasteiger partial charge in [0.15, 0.2) is 0 Å². The van der Waals surface area contributed by atoms with Crippen LogP contribution in [0.5, 0.6) is 11.8 Å². The fraction of sp³-hybridized carbons (Fsp3) is 0.560. The molecule has 0 amide bonds. The smallest absolute Gasteiger partial charge is 0.303 e. The Morgan fingerprint density at radius 2 is 1.88 bits per heavy atom. The molecule has 32 heavy (non-hydrogen) atoms. The molecule has 6 nitrogen and oxygen atoms in total. The molecule has 2 aliphatic carbocycles. The van der Waals surface area contributed by atoms with E-state index in [2.05, 4.69) is 9.97 Å². The van der Waals surface area contributed by atoms with Gasteiger partial charge in [-0.05, 0) is 86.3 Å². The van der Waals surface area contributed by atoms with E-state index >= 15 is 0 Å². The number of hydrogen-bond acceptors (Lipinski definition) is 5. The molecule has 2 heterocycles. The van der Waals surface area contributed by atoms with Crippen molar-refractivity contribution in [3.8, 4) is 11.8 Å². The summed E-state index contributed by atoms with van der Waals surface area (Å²) in [6.45, 7) is 2.97. The average molecular weight is 443 g/mol. The zero-order chi connectivity index (χ0) is 22.5. The van der Waals surface area contributed by atoms with Gasteiger partial charge in [0.05, 0.1) is 25.8 Å². The van der Waals surface area contributed by atoms with Gasteiger partial charge in [-0.2, -0.15) is 0 Å². The number of pyridine rings is 2. The molecule has 2 aromatic heterocycles. The second kappa shape index (κ2) is 10.3. The summed E-state index contributed by atoms with van der Waals surface area (Å²) in [5.74, 6) is 1.06. The molecule has 7 heteroatoms. The maximum absolute atomic E-state index is 14.3. The predicted octanol–water partition coefficient (Wildman–Crippen LogP) is 5.34. The Balaban J connectivity index is 1.31. The third kappa shape index (κ3) is 5.75. The molecule has 2 aromatic rings. The van der Waals surface area contributed by atoms with E-state index in [0.29, 0.717) is 42.4 Å². The Bertz CT molecular complexity index is 926. The van der Waals surface area contributed by atoms with E-state index in [1.807, 2.05) is 19.1 Å². The van der Waals surface area contributed by atoms with Crippen molar-refractivity contribution in [2.24, 2.45) is 11.8 Å². The van der Waals surface area contributed by atoms with Crippen molar-refractivity contribution >= 4 is 5.97 Å². The van der Waals surface area contributed by atoms with Gasteiger partial charge in [0.2, 0.25) is 11.8 Å². The minimum Gasteiger partial charge on any atom is -0.481 e. The lowest BCUT2D eigenvalue weighted by molar-refractivity contribution is -0.137. The largest absolute Gasteiger partial charge is 0.481 e. The first kappa shape index (κ1) is 22.5. The summed E-state index contributed by atoms with van der Waals surface area (Å²) >= 11 is 0. The summed E-state index contributed by atoms with van der Waals surface area (Å²) in [6.07, 6.45) is 9.00. The molecular weight excluding hydrogens is 411 g/mol. The standard InChI is InChI=1S/C25H31FN2O4/c1-2-31-24-12-21(22(26)14-28-24)18-5-3-16(4-6-18)15-32-23-11-19(9-10-27-23)20(13-25(29)30)17-7-8-17/h9-12,14,16-18,20H,2-8,13,15H2,1H3,(H,29,30). The first-order chi connectivity index (χ1) is 15.5. The van der Waals surface area contributed by atoms with Crippen molar-refractivity contribution in [2.75, 3.05) is 13.2 Å². The SMILES string of the molecule is CCOc1cc(C2CCC(COc3cc(C(CC(=O)O)C4CC4)ccn3)CC2)c(F)cn1. The van der Waals surface area contributed by atoms with Crippen molar-refractivity contribution < 1.29 is 23.8 Å². The van der Waals surface area contributed by atoms with Crippen LogP contribution in [0.15, 0.2) is 30.6 Å². The van der Waals surface area contributed by atoms with Gasteiger partial charge in [0.1, 0.15) is 5.82 Å². The molecule has 1 N–H and O–H groups in total. The Labute approximate surface area is 188 Å². The third-order valence-corrected chi connectivity index (χ3v) is 6.68. The second-order valence-corrected chi connectivity index (χ2v) is 8.97. The minimum atomic E-state index is -0.767. The van der Waals surface area contributed by atoms with Crippen LogP contribution in [0.4, 0.5) is 4.39 Å². The van der Waals surface area contributed by atoms with Gasteiger partial charge in [-0.3, -0.25) is 4.79 Å². The van der Waals surface area contributed by atoms with E-state index in [-0.39, 0.29) is 24.1 Å². The van der Waals surface area contributed by atoms with Crippen LogP contribution in [0.3, 0.4) is 0 Å². The van der Waals surface area contributed by atoms with Crippen molar-refractivity contribution in [2.45, 2.75) is 63.7 Å². The number of ether oxygens (including phenoxy) is 2. The van der Waals surface area contributed by atoms with Crippen LogP contribution >= 0.6 is 0 Å². The summed E-state index contributed by atoms with van der Waals surface area (Å²) < 4.78 is 25.7. The third-order valence-electron chi connectivity index (χ3n) is 6.68. The van der Waals surface area contributed by atoms with E-state index in [9.17, 15) is 14.3 Å². The molecule has 0 aliphatic heterocycles. The molecule has 4 rings (SSSR count). The molecule has 2 fully saturated rings. The number of carboxylic acids is 1. The van der Waals surface area contributed by atoms with Crippen LogP contribution in [-0.2, 0) is 4.79 Å². The zero-order valence-electron chi connectivity index (χ0n) is 18.5. The van der Waals surface area contributed by atoms with E-state index in [4.69, 9.17) is 9.47 Å². The molecular formula is C25H31FN2O4. The normalized spacial score (nSPS) is 21.7. The maximum Gasteiger partial charge on any atom is 0.303 e. The maximum atomic E-state index is 14.3. The zero-order valence-corrected chi connectivity index (χ0v) is 18.5. The van der Waals surface area contributed by atoms with Gasteiger partial charge in [0.25, 0.3) is 0 Å². The summed E-state index contributed by atoms with van der Waals surface area (Å²) in [6, 6.07) is 5.55. The summed E-state index contributed by atoms with van der Waals surface area (Å²) in [4.78, 5) is 19.6. The van der Waals surface area contributed by atoms with E-state index < -0.39 is 5.97 Å². The van der Waals surface area contributed by atoms with Crippen LogP contribution in [0.1, 0.15) is 74.8 Å². The number of carbonyl (C=O) groups is 1. The minimum absolute atomic E-state index is 0.0325. The predicted molar refractivity (Wildman–Crippen MR) is 118 cm³/mol. The highest BCUT2D eigenvalue weighted by Crippen LogP contribution is 2.45. The number of rotatable bonds is 10. The van der Waals surface area contributed by atoms with Gasteiger partial charge in [-0.15, -0.1) is 0 Å². The lowest BCUT2D eigenvalue weighted by Gasteiger charge is -2.29. The molecule has 0 bridgehead atoms. The fourth-order valence-corrected chi connectivity index (χ4v) is 4.79. The first-order valence-electron chi connectivity index (χ1n) is 11.6. The van der Waals surface area contributed by atoms with E-state index in [0.717, 1.165) is 44.1 Å². The van der Waals surface area contributed by atoms with Crippen LogP contribution < -0.4 is 9.47 Å². The quantitative estimate of drug-likeness (QED) is 0.535. The van der Waals surface area contributed by atoms with Crippen molar-refractivity contribution in [1.82, 2.24) is 9.97 Å². The Hall–Kier alpha value is -2.70. The number of halogens is 1. The number of hydrogen-bond donors (Lipinski definition) is 1. The summed E-state index contributed by atoms with van der Waals surface area (Å²) in [5, 5.41) is 9.25. The molecule has 0 radical (unpaired) electrons. The molecule has 1 unspecified atom stereocenters. The van der Waals surface area contributed by atoms with Gasteiger partial charge >= 0.3 is 5.97 Å². The van der Waals surface area contributed by atoms with Crippen molar-refractivity contribution in [3.05, 3.63) is 47.5 Å². The summed E-state index contributed by atoms with van der Waals surface area (Å²) in [5.41, 5.74) is 1.70. The van der Waals surface area contributed by atoms with Crippen LogP contribution in [0.25, 0.3) is 0 Å². The Morgan fingerprint density at radius 3 is 2.56 bits per heavy atom. The molecule has 0 aromatic carbocycles.